The molecule has 1 aliphatic heterocycles. The fourth-order valence-corrected chi connectivity index (χ4v) is 3.03. The lowest BCUT2D eigenvalue weighted by atomic mass is 9.97. The zero-order chi connectivity index (χ0) is 16.5. The number of primary sulfonamides is 1. The number of rotatable bonds is 4. The molecule has 22 heavy (non-hydrogen) atoms. The fourth-order valence-electron chi connectivity index (χ4n) is 2.49. The van der Waals surface area contributed by atoms with Crippen molar-refractivity contribution < 1.29 is 23.2 Å². The molecule has 9 nitrogen and oxygen atoms in total. The number of carbonyl (C=O) groups is 1. The van der Waals surface area contributed by atoms with Crippen LogP contribution in [0.4, 0.5) is 11.4 Å². The Kier molecular flexibility index (Phi) is 4.33. The molecule has 1 heterocycles. The van der Waals surface area contributed by atoms with Crippen molar-refractivity contribution in [1.82, 2.24) is 0 Å². The Bertz CT molecular complexity index is 718. The zero-order valence-electron chi connectivity index (χ0n) is 11.5. The third-order valence-electron chi connectivity index (χ3n) is 3.58. The SMILES string of the molecule is NS(=O)(=O)c1ccc(N2CCCC(C(=O)O)C2)c([N+](=O)[O-])c1. The molecule has 1 saturated heterocycles. The first-order chi connectivity index (χ1) is 10.2. The van der Waals surface area contributed by atoms with E-state index in [4.69, 9.17) is 10.2 Å². The molecule has 3 N–H and O–H groups in total. The number of benzene rings is 1. The van der Waals surface area contributed by atoms with E-state index in [0.717, 1.165) is 6.07 Å². The van der Waals surface area contributed by atoms with E-state index in [9.17, 15) is 23.3 Å². The highest BCUT2D eigenvalue weighted by molar-refractivity contribution is 7.89. The molecule has 0 saturated carbocycles. The van der Waals surface area contributed by atoms with Crippen LogP contribution in [0.3, 0.4) is 0 Å². The summed E-state index contributed by atoms with van der Waals surface area (Å²) in [5.41, 5.74) is -0.207. The molecular weight excluding hydrogens is 314 g/mol. The summed E-state index contributed by atoms with van der Waals surface area (Å²) in [7, 11) is -4.05. The highest BCUT2D eigenvalue weighted by atomic mass is 32.2. The van der Waals surface area contributed by atoms with Crippen LogP contribution in [0.1, 0.15) is 12.8 Å². The molecule has 1 aliphatic rings. The van der Waals surface area contributed by atoms with Crippen LogP contribution in [0.15, 0.2) is 23.1 Å². The monoisotopic (exact) mass is 329 g/mol. The second-order valence-corrected chi connectivity index (χ2v) is 6.64. The number of hydrogen-bond acceptors (Lipinski definition) is 6. The van der Waals surface area contributed by atoms with Gasteiger partial charge in [-0.1, -0.05) is 0 Å². The molecule has 10 heteroatoms. The van der Waals surface area contributed by atoms with Gasteiger partial charge in [0.15, 0.2) is 0 Å². The van der Waals surface area contributed by atoms with Crippen LogP contribution in [0.5, 0.6) is 0 Å². The number of nitro benzene ring substituents is 1. The lowest BCUT2D eigenvalue weighted by Crippen LogP contribution is -2.39. The summed E-state index contributed by atoms with van der Waals surface area (Å²) < 4.78 is 22.6. The van der Waals surface area contributed by atoms with Gasteiger partial charge in [0.25, 0.3) is 5.69 Å². The van der Waals surface area contributed by atoms with Gasteiger partial charge in [0.1, 0.15) is 5.69 Å². The largest absolute Gasteiger partial charge is 0.481 e. The molecule has 120 valence electrons. The maximum absolute atomic E-state index is 11.3. The summed E-state index contributed by atoms with van der Waals surface area (Å²) in [6.07, 6.45) is 1.10. The zero-order valence-corrected chi connectivity index (χ0v) is 12.3. The Morgan fingerprint density at radius 1 is 1.45 bits per heavy atom. The number of aliphatic carboxylic acids is 1. The lowest BCUT2D eigenvalue weighted by Gasteiger charge is -2.32. The number of hydrogen-bond donors (Lipinski definition) is 2. The molecule has 1 aromatic carbocycles. The highest BCUT2D eigenvalue weighted by Crippen LogP contribution is 2.33. The van der Waals surface area contributed by atoms with Gasteiger partial charge in [0.2, 0.25) is 10.0 Å². The van der Waals surface area contributed by atoms with Gasteiger partial charge in [0.05, 0.1) is 15.7 Å². The van der Waals surface area contributed by atoms with Gasteiger partial charge in [-0.3, -0.25) is 14.9 Å². The van der Waals surface area contributed by atoms with Gasteiger partial charge in [-0.15, -0.1) is 0 Å². The Hall–Kier alpha value is -2.20. The van der Waals surface area contributed by atoms with Crippen molar-refractivity contribution in [3.63, 3.8) is 0 Å². The Morgan fingerprint density at radius 3 is 2.68 bits per heavy atom. The van der Waals surface area contributed by atoms with E-state index < -0.39 is 32.5 Å². The van der Waals surface area contributed by atoms with Crippen LogP contribution >= 0.6 is 0 Å². The van der Waals surface area contributed by atoms with Crippen LogP contribution in [0.25, 0.3) is 0 Å². The Morgan fingerprint density at radius 2 is 2.14 bits per heavy atom. The predicted molar refractivity (Wildman–Crippen MR) is 77.0 cm³/mol. The summed E-state index contributed by atoms with van der Waals surface area (Å²) in [6, 6.07) is 3.37. The van der Waals surface area contributed by atoms with E-state index in [0.29, 0.717) is 19.4 Å². The third kappa shape index (κ3) is 3.34. The highest BCUT2D eigenvalue weighted by Gasteiger charge is 2.29. The average molecular weight is 329 g/mol. The maximum Gasteiger partial charge on any atom is 0.308 e. The number of carboxylic acids is 1. The van der Waals surface area contributed by atoms with Gasteiger partial charge in [0, 0.05) is 19.2 Å². The van der Waals surface area contributed by atoms with E-state index in [2.05, 4.69) is 0 Å². The van der Waals surface area contributed by atoms with E-state index in [1.807, 2.05) is 0 Å². The molecule has 0 aliphatic carbocycles. The predicted octanol–water partition coefficient (Wildman–Crippen LogP) is 0.543. The summed E-state index contributed by atoms with van der Waals surface area (Å²) in [5, 5.41) is 25.2. The first-order valence-electron chi connectivity index (χ1n) is 6.49. The molecular formula is C12H15N3O6S. The second kappa shape index (κ2) is 5.89. The molecule has 1 aromatic rings. The van der Waals surface area contributed by atoms with Crippen LogP contribution in [-0.4, -0.2) is 37.5 Å². The standard InChI is InChI=1S/C12H15N3O6S/c13-22(20,21)9-3-4-10(11(6-9)15(18)19)14-5-1-2-8(7-14)12(16)17/h3-4,6,8H,1-2,5,7H2,(H,16,17)(H2,13,20,21). The number of piperidine rings is 1. The molecule has 2 rings (SSSR count). The van der Waals surface area contributed by atoms with Gasteiger partial charge < -0.3 is 10.0 Å². The van der Waals surface area contributed by atoms with Crippen LogP contribution in [-0.2, 0) is 14.8 Å². The van der Waals surface area contributed by atoms with E-state index in [1.165, 1.54) is 12.1 Å². The van der Waals surface area contributed by atoms with Crippen LogP contribution < -0.4 is 10.0 Å². The number of anilines is 1. The minimum atomic E-state index is -4.05. The maximum atomic E-state index is 11.3. The fraction of sp³-hybridized carbons (Fsp3) is 0.417. The Balaban J connectivity index is 2.42. The molecule has 0 aromatic heterocycles. The van der Waals surface area contributed by atoms with Crippen LogP contribution in [0, 0.1) is 16.0 Å². The second-order valence-electron chi connectivity index (χ2n) is 5.08. The van der Waals surface area contributed by atoms with Gasteiger partial charge in [-0.2, -0.15) is 0 Å². The van der Waals surface area contributed by atoms with E-state index in [1.54, 1.807) is 4.90 Å². The van der Waals surface area contributed by atoms with Crippen LogP contribution in [0.2, 0.25) is 0 Å². The van der Waals surface area contributed by atoms with Crippen molar-refractivity contribution in [2.75, 3.05) is 18.0 Å². The normalized spacial score (nSPS) is 19.0. The summed E-state index contributed by atoms with van der Waals surface area (Å²) >= 11 is 0. The topological polar surface area (TPSA) is 144 Å². The summed E-state index contributed by atoms with van der Waals surface area (Å²) in [4.78, 5) is 22.8. The van der Waals surface area contributed by atoms with Crippen molar-refractivity contribution in [2.24, 2.45) is 11.1 Å². The molecule has 0 amide bonds. The van der Waals surface area contributed by atoms with Crippen molar-refractivity contribution in [3.8, 4) is 0 Å². The van der Waals surface area contributed by atoms with Gasteiger partial charge in [-0.25, -0.2) is 13.6 Å². The van der Waals surface area contributed by atoms with Gasteiger partial charge >= 0.3 is 5.97 Å². The van der Waals surface area contributed by atoms with Crippen molar-refractivity contribution >= 4 is 27.4 Å². The van der Waals surface area contributed by atoms with Gasteiger partial charge in [-0.05, 0) is 25.0 Å². The summed E-state index contributed by atoms with van der Waals surface area (Å²) in [6.45, 7) is 0.615. The number of nitro groups is 1. The number of carboxylic acid groups (broad SMARTS) is 1. The molecule has 0 radical (unpaired) electrons. The first-order valence-corrected chi connectivity index (χ1v) is 8.04. The average Bonchev–Trinajstić information content (AvgIpc) is 2.45. The van der Waals surface area contributed by atoms with Crippen molar-refractivity contribution in [3.05, 3.63) is 28.3 Å². The molecule has 0 spiro atoms. The van der Waals surface area contributed by atoms with Crippen molar-refractivity contribution in [1.29, 1.82) is 0 Å². The van der Waals surface area contributed by atoms with E-state index >= 15 is 0 Å². The van der Waals surface area contributed by atoms with E-state index in [-0.39, 0.29) is 17.1 Å². The molecule has 1 unspecified atom stereocenters. The first kappa shape index (κ1) is 16.2. The Labute approximate surface area is 126 Å². The number of nitrogens with two attached hydrogens (primary N) is 1. The number of sulfonamides is 1. The minimum Gasteiger partial charge on any atom is -0.481 e. The quantitative estimate of drug-likeness (QED) is 0.606. The molecule has 1 fully saturated rings. The third-order valence-corrected chi connectivity index (χ3v) is 4.49. The summed E-state index contributed by atoms with van der Waals surface area (Å²) in [5.74, 6) is -1.56. The number of nitrogens with zero attached hydrogens (tertiary/aromatic N) is 2. The molecule has 0 bridgehead atoms. The smallest absolute Gasteiger partial charge is 0.308 e. The molecule has 1 atom stereocenters. The lowest BCUT2D eigenvalue weighted by molar-refractivity contribution is -0.384. The minimum absolute atomic E-state index is 0.144. The van der Waals surface area contributed by atoms with Crippen molar-refractivity contribution in [2.45, 2.75) is 17.7 Å².